The summed E-state index contributed by atoms with van der Waals surface area (Å²) in [4.78, 5) is 17.7. The number of carbonyl (C=O) groups excluding carboxylic acids is 1. The van der Waals surface area contributed by atoms with Crippen LogP contribution in [0.25, 0.3) is 0 Å². The molecule has 0 aliphatic rings. The molecule has 2 unspecified atom stereocenters. The fourth-order valence-corrected chi connectivity index (χ4v) is 2.85. The van der Waals surface area contributed by atoms with E-state index >= 15 is 0 Å². The van der Waals surface area contributed by atoms with Gasteiger partial charge in [-0.15, -0.1) is 36.2 Å². The van der Waals surface area contributed by atoms with Crippen molar-refractivity contribution in [2.45, 2.75) is 32.9 Å². The van der Waals surface area contributed by atoms with Crippen molar-refractivity contribution in [2.24, 2.45) is 11.7 Å². The summed E-state index contributed by atoms with van der Waals surface area (Å²) in [6, 6.07) is 9.40. The number of benzene rings is 1. The summed E-state index contributed by atoms with van der Waals surface area (Å²) in [6.45, 7) is 4.42. The van der Waals surface area contributed by atoms with Gasteiger partial charge in [0.1, 0.15) is 5.01 Å². The Labute approximate surface area is 153 Å². The molecule has 0 aliphatic heterocycles. The quantitative estimate of drug-likeness (QED) is 0.811. The molecule has 2 atom stereocenters. The Hall–Kier alpha value is -1.14. The van der Waals surface area contributed by atoms with Gasteiger partial charge >= 0.3 is 0 Å². The maximum atomic E-state index is 12.2. The monoisotopic (exact) mass is 375 g/mol. The van der Waals surface area contributed by atoms with Crippen LogP contribution >= 0.6 is 36.2 Å². The summed E-state index contributed by atoms with van der Waals surface area (Å²) in [7, 11) is 0. The van der Waals surface area contributed by atoms with Crippen molar-refractivity contribution in [2.75, 3.05) is 0 Å². The van der Waals surface area contributed by atoms with Crippen LogP contribution < -0.4 is 11.1 Å². The second-order valence-electron chi connectivity index (χ2n) is 5.02. The van der Waals surface area contributed by atoms with Gasteiger partial charge in [-0.05, 0) is 12.0 Å². The number of aryl methyl sites for hydroxylation is 1. The molecule has 3 N–H and O–H groups in total. The number of amides is 1. The minimum absolute atomic E-state index is 0. The number of nitrogens with two attached hydrogens (primary N) is 1. The van der Waals surface area contributed by atoms with Crippen LogP contribution in [0.3, 0.4) is 0 Å². The van der Waals surface area contributed by atoms with E-state index in [1.165, 1.54) is 4.88 Å². The van der Waals surface area contributed by atoms with Gasteiger partial charge in [-0.1, -0.05) is 44.2 Å². The highest BCUT2D eigenvalue weighted by Crippen LogP contribution is 2.19. The van der Waals surface area contributed by atoms with Gasteiger partial charge in [0, 0.05) is 17.1 Å². The molecular weight excluding hydrogens is 353 g/mol. The van der Waals surface area contributed by atoms with Gasteiger partial charge in [-0.25, -0.2) is 4.98 Å². The lowest BCUT2D eigenvalue weighted by atomic mass is 9.95. The minimum atomic E-state index is -0.298. The van der Waals surface area contributed by atoms with Gasteiger partial charge in [0.15, 0.2) is 0 Å². The van der Waals surface area contributed by atoms with Crippen molar-refractivity contribution in [3.05, 3.63) is 52.0 Å². The van der Waals surface area contributed by atoms with E-state index in [0.29, 0.717) is 6.54 Å². The number of halogens is 2. The molecule has 23 heavy (non-hydrogen) atoms. The molecule has 0 saturated carbocycles. The zero-order valence-corrected chi connectivity index (χ0v) is 15.6. The second kappa shape index (κ2) is 10.6. The molecule has 1 amide bonds. The van der Waals surface area contributed by atoms with Crippen LogP contribution in [0.1, 0.15) is 35.3 Å². The molecule has 0 fully saturated rings. The Kier molecular flexibility index (Phi) is 10.1. The third-order valence-corrected chi connectivity index (χ3v) is 4.64. The highest BCUT2D eigenvalue weighted by Gasteiger charge is 2.21. The Morgan fingerprint density at radius 2 is 1.96 bits per heavy atom. The molecular formula is C16H23Cl2N3OS. The minimum Gasteiger partial charge on any atom is -0.349 e. The van der Waals surface area contributed by atoms with E-state index < -0.39 is 0 Å². The molecule has 7 heteroatoms. The van der Waals surface area contributed by atoms with Crippen molar-refractivity contribution < 1.29 is 4.79 Å². The van der Waals surface area contributed by atoms with Crippen LogP contribution in [0.15, 0.2) is 36.5 Å². The number of nitrogens with zero attached hydrogens (tertiary/aromatic N) is 1. The lowest BCUT2D eigenvalue weighted by Crippen LogP contribution is -2.35. The van der Waals surface area contributed by atoms with Crippen molar-refractivity contribution in [1.82, 2.24) is 10.3 Å². The van der Waals surface area contributed by atoms with E-state index in [2.05, 4.69) is 17.2 Å². The molecule has 128 valence electrons. The average Bonchev–Trinajstić information content (AvgIpc) is 3.00. The predicted molar refractivity (Wildman–Crippen MR) is 100 cm³/mol. The highest BCUT2D eigenvalue weighted by molar-refractivity contribution is 7.11. The lowest BCUT2D eigenvalue weighted by Gasteiger charge is -2.19. The molecule has 0 saturated heterocycles. The Bertz CT molecular complexity index is 592. The molecule has 0 radical (unpaired) electrons. The zero-order chi connectivity index (χ0) is 15.2. The van der Waals surface area contributed by atoms with Crippen molar-refractivity contribution in [3.63, 3.8) is 0 Å². The van der Waals surface area contributed by atoms with Gasteiger partial charge in [0.05, 0.1) is 12.5 Å². The second-order valence-corrected chi connectivity index (χ2v) is 6.22. The molecule has 1 aromatic carbocycles. The first kappa shape index (κ1) is 21.9. The Morgan fingerprint density at radius 1 is 1.30 bits per heavy atom. The maximum Gasteiger partial charge on any atom is 0.225 e. The first-order valence-corrected chi connectivity index (χ1v) is 7.95. The Morgan fingerprint density at radius 3 is 2.52 bits per heavy atom. The van der Waals surface area contributed by atoms with Gasteiger partial charge in [0.25, 0.3) is 0 Å². The normalized spacial score (nSPS) is 12.5. The first-order valence-electron chi connectivity index (χ1n) is 7.13. The Balaban J connectivity index is 0.00000242. The van der Waals surface area contributed by atoms with Gasteiger partial charge in [-0.3, -0.25) is 4.79 Å². The van der Waals surface area contributed by atoms with Crippen molar-refractivity contribution in [3.8, 4) is 0 Å². The first-order chi connectivity index (χ1) is 10.1. The summed E-state index contributed by atoms with van der Waals surface area (Å²) in [5, 5.41) is 3.85. The van der Waals surface area contributed by atoms with Crippen LogP contribution in [-0.4, -0.2) is 10.9 Å². The third kappa shape index (κ3) is 6.11. The molecule has 1 aromatic heterocycles. The highest BCUT2D eigenvalue weighted by atomic mass is 35.5. The van der Waals surface area contributed by atoms with Gasteiger partial charge in [0.2, 0.25) is 5.91 Å². The lowest BCUT2D eigenvalue weighted by molar-refractivity contribution is -0.125. The van der Waals surface area contributed by atoms with E-state index in [1.54, 1.807) is 11.3 Å². The SMILES string of the molecule is CCc1cnc(CNC(=O)C(C)C(N)c2ccccc2)s1.Cl.Cl. The summed E-state index contributed by atoms with van der Waals surface area (Å²) in [5.74, 6) is -0.322. The van der Waals surface area contributed by atoms with E-state index in [0.717, 1.165) is 17.0 Å². The fraction of sp³-hybridized carbons (Fsp3) is 0.375. The van der Waals surface area contributed by atoms with Crippen LogP contribution in [0.2, 0.25) is 0 Å². The summed E-state index contributed by atoms with van der Waals surface area (Å²) < 4.78 is 0. The van der Waals surface area contributed by atoms with Gasteiger partial charge in [-0.2, -0.15) is 0 Å². The number of carbonyl (C=O) groups is 1. The smallest absolute Gasteiger partial charge is 0.225 e. The standard InChI is InChI=1S/C16H21N3OS.2ClH/c1-3-13-9-18-14(21-13)10-19-16(20)11(2)15(17)12-7-5-4-6-8-12;;/h4-9,11,15H,3,10,17H2,1-2H3,(H,19,20);2*1H. The van der Waals surface area contributed by atoms with E-state index in [4.69, 9.17) is 5.73 Å². The number of nitrogens with one attached hydrogen (secondary N) is 1. The molecule has 0 aliphatic carbocycles. The van der Waals surface area contributed by atoms with Gasteiger partial charge < -0.3 is 11.1 Å². The number of rotatable bonds is 6. The number of thiazole rings is 1. The molecule has 1 heterocycles. The van der Waals surface area contributed by atoms with E-state index in [-0.39, 0.29) is 42.7 Å². The summed E-state index contributed by atoms with van der Waals surface area (Å²) in [6.07, 6.45) is 2.84. The van der Waals surface area contributed by atoms with Crippen molar-refractivity contribution in [1.29, 1.82) is 0 Å². The third-order valence-electron chi connectivity index (χ3n) is 3.50. The molecule has 4 nitrogen and oxygen atoms in total. The van der Waals surface area contributed by atoms with E-state index in [9.17, 15) is 4.79 Å². The maximum absolute atomic E-state index is 12.2. The van der Waals surface area contributed by atoms with Crippen LogP contribution in [0.4, 0.5) is 0 Å². The zero-order valence-electron chi connectivity index (χ0n) is 13.2. The van der Waals surface area contributed by atoms with Crippen LogP contribution in [-0.2, 0) is 17.8 Å². The topological polar surface area (TPSA) is 68.0 Å². The largest absolute Gasteiger partial charge is 0.349 e. The summed E-state index contributed by atoms with van der Waals surface area (Å²) >= 11 is 1.63. The molecule has 0 bridgehead atoms. The van der Waals surface area contributed by atoms with Crippen molar-refractivity contribution >= 4 is 42.1 Å². The summed E-state index contributed by atoms with van der Waals surface area (Å²) in [5.41, 5.74) is 7.13. The van der Waals surface area contributed by atoms with E-state index in [1.807, 2.05) is 43.5 Å². The van der Waals surface area contributed by atoms with Crippen LogP contribution in [0.5, 0.6) is 0 Å². The molecule has 2 rings (SSSR count). The molecule has 2 aromatic rings. The number of hydrogen-bond donors (Lipinski definition) is 2. The fourth-order valence-electron chi connectivity index (χ4n) is 2.04. The predicted octanol–water partition coefficient (Wildman–Crippen LogP) is 3.50. The average molecular weight is 376 g/mol. The number of hydrogen-bond acceptors (Lipinski definition) is 4. The van der Waals surface area contributed by atoms with Crippen LogP contribution in [0, 0.1) is 5.92 Å². The number of aromatic nitrogens is 1. The molecule has 0 spiro atoms.